The third-order valence-corrected chi connectivity index (χ3v) is 8.00. The number of anilines is 2. The van der Waals surface area contributed by atoms with Crippen molar-refractivity contribution in [2.45, 2.75) is 23.9 Å². The fraction of sp³-hybridized carbons (Fsp3) is 0.182. The summed E-state index contributed by atoms with van der Waals surface area (Å²) in [5.74, 6) is -2.01. The first kappa shape index (κ1) is 25.4. The minimum Gasteiger partial charge on any atom is -0.479 e. The number of rotatable bonds is 6. The van der Waals surface area contributed by atoms with E-state index in [0.29, 0.717) is 11.4 Å². The summed E-state index contributed by atoms with van der Waals surface area (Å²) in [5, 5.41) is 10.6. The first-order valence-corrected chi connectivity index (χ1v) is 13.4. The number of carboxylic acid groups (broad SMARTS) is 1. The summed E-state index contributed by atoms with van der Waals surface area (Å²) in [6, 6.07) is 36.8. The first-order valence-electron chi connectivity index (χ1n) is 13.4. The number of piperazine rings is 1. The van der Waals surface area contributed by atoms with Gasteiger partial charge in [0, 0.05) is 13.0 Å². The van der Waals surface area contributed by atoms with Gasteiger partial charge in [0.15, 0.2) is 5.54 Å². The number of urea groups is 1. The van der Waals surface area contributed by atoms with Crippen LogP contribution in [0.25, 0.3) is 0 Å². The fourth-order valence-electron chi connectivity index (χ4n) is 6.09. The minimum atomic E-state index is -1.50. The number of carbonyl (C=O) groups is 3. The second-order valence-electron chi connectivity index (χ2n) is 10.3. The number of likely N-dealkylation sites (tertiary alicyclic amines) is 2. The summed E-state index contributed by atoms with van der Waals surface area (Å²) < 4.78 is 0. The van der Waals surface area contributed by atoms with Crippen molar-refractivity contribution >= 4 is 29.3 Å². The molecule has 0 radical (unpaired) electrons. The SMILES string of the molecule is O=C(N(c1ccccc1)c1ccccc1)N1C[C@@]2(C(=O)O)C[C@H]1CN2C(=O)C(c1ccccc1)c1ccccc1. The Balaban J connectivity index is 1.34. The van der Waals surface area contributed by atoms with Gasteiger partial charge in [-0.3, -0.25) is 9.69 Å². The number of para-hydroxylation sites is 2. The summed E-state index contributed by atoms with van der Waals surface area (Å²) in [6.45, 7) is 0.0779. The van der Waals surface area contributed by atoms with E-state index in [-0.39, 0.29) is 31.4 Å². The Hall–Kier alpha value is -4.91. The highest BCUT2D eigenvalue weighted by molar-refractivity contribution is 6.01. The topological polar surface area (TPSA) is 81.2 Å². The summed E-state index contributed by atoms with van der Waals surface area (Å²) in [4.78, 5) is 46.0. The van der Waals surface area contributed by atoms with E-state index in [1.165, 1.54) is 4.90 Å². The molecule has 7 heteroatoms. The van der Waals surface area contributed by atoms with Crippen LogP contribution in [0.4, 0.5) is 16.2 Å². The summed E-state index contributed by atoms with van der Waals surface area (Å²) >= 11 is 0. The van der Waals surface area contributed by atoms with Gasteiger partial charge in [-0.2, -0.15) is 0 Å². The average Bonchev–Trinajstić information content (AvgIpc) is 3.58. The molecule has 2 aliphatic rings. The molecule has 0 unspecified atom stereocenters. The zero-order valence-electron chi connectivity index (χ0n) is 21.8. The number of nitrogens with zero attached hydrogens (tertiary/aromatic N) is 3. The van der Waals surface area contributed by atoms with Gasteiger partial charge < -0.3 is 14.9 Å². The third-order valence-electron chi connectivity index (χ3n) is 8.00. The lowest BCUT2D eigenvalue weighted by atomic mass is 9.88. The lowest BCUT2D eigenvalue weighted by Gasteiger charge is -2.42. The van der Waals surface area contributed by atoms with E-state index in [1.807, 2.05) is 121 Å². The third kappa shape index (κ3) is 4.29. The van der Waals surface area contributed by atoms with Crippen LogP contribution in [0.5, 0.6) is 0 Å². The van der Waals surface area contributed by atoms with Crippen molar-refractivity contribution in [3.8, 4) is 0 Å². The Labute approximate surface area is 232 Å². The van der Waals surface area contributed by atoms with Gasteiger partial charge >= 0.3 is 12.0 Å². The van der Waals surface area contributed by atoms with E-state index in [9.17, 15) is 19.5 Å². The molecule has 2 saturated heterocycles. The number of benzene rings is 4. The van der Waals surface area contributed by atoms with Crippen molar-refractivity contribution in [2.75, 3.05) is 18.0 Å². The summed E-state index contributed by atoms with van der Waals surface area (Å²) in [7, 11) is 0. The molecule has 0 spiro atoms. The molecule has 2 aliphatic heterocycles. The molecular weight excluding hydrogens is 502 g/mol. The lowest BCUT2D eigenvalue weighted by Crippen LogP contribution is -2.62. The summed E-state index contributed by atoms with van der Waals surface area (Å²) in [5.41, 5.74) is 1.47. The molecule has 0 saturated carbocycles. The van der Waals surface area contributed by atoms with E-state index < -0.39 is 23.5 Å². The maximum atomic E-state index is 14.2. The van der Waals surface area contributed by atoms with Crippen LogP contribution in [-0.4, -0.2) is 57.5 Å². The van der Waals surface area contributed by atoms with Crippen LogP contribution in [0.2, 0.25) is 0 Å². The molecule has 4 aromatic rings. The maximum Gasteiger partial charge on any atom is 0.331 e. The predicted octanol–water partition coefficient (Wildman–Crippen LogP) is 5.52. The molecule has 40 heavy (non-hydrogen) atoms. The Morgan fingerprint density at radius 1 is 0.725 bits per heavy atom. The van der Waals surface area contributed by atoms with E-state index in [4.69, 9.17) is 0 Å². The number of fused-ring (bicyclic) bond motifs is 2. The smallest absolute Gasteiger partial charge is 0.331 e. The van der Waals surface area contributed by atoms with Gasteiger partial charge in [0.25, 0.3) is 0 Å². The maximum absolute atomic E-state index is 14.2. The van der Waals surface area contributed by atoms with Crippen LogP contribution < -0.4 is 4.90 Å². The Morgan fingerprint density at radius 3 is 1.62 bits per heavy atom. The van der Waals surface area contributed by atoms with Gasteiger partial charge in [0.05, 0.1) is 29.9 Å². The second-order valence-corrected chi connectivity index (χ2v) is 10.3. The van der Waals surface area contributed by atoms with Crippen LogP contribution in [0.1, 0.15) is 23.5 Å². The van der Waals surface area contributed by atoms with Crippen LogP contribution in [0.3, 0.4) is 0 Å². The zero-order valence-corrected chi connectivity index (χ0v) is 21.8. The zero-order chi connectivity index (χ0) is 27.7. The molecule has 7 nitrogen and oxygen atoms in total. The number of carboxylic acids is 1. The van der Waals surface area contributed by atoms with Crippen molar-refractivity contribution in [1.82, 2.24) is 9.80 Å². The van der Waals surface area contributed by atoms with E-state index in [2.05, 4.69) is 0 Å². The number of amides is 3. The van der Waals surface area contributed by atoms with Crippen molar-refractivity contribution in [1.29, 1.82) is 0 Å². The number of hydrogen-bond donors (Lipinski definition) is 1. The highest BCUT2D eigenvalue weighted by atomic mass is 16.4. The molecule has 2 atom stereocenters. The molecule has 4 aromatic carbocycles. The quantitative estimate of drug-likeness (QED) is 0.355. The number of carbonyl (C=O) groups excluding carboxylic acids is 2. The normalized spacial score (nSPS) is 19.6. The largest absolute Gasteiger partial charge is 0.479 e. The van der Waals surface area contributed by atoms with Crippen LogP contribution in [0, 0.1) is 0 Å². The molecule has 6 rings (SSSR count). The minimum absolute atomic E-state index is 0.0793. The summed E-state index contributed by atoms with van der Waals surface area (Å²) in [6.07, 6.45) is 0.188. The van der Waals surface area contributed by atoms with Crippen LogP contribution in [-0.2, 0) is 9.59 Å². The Kier molecular flexibility index (Phi) is 6.56. The molecule has 200 valence electrons. The fourth-order valence-corrected chi connectivity index (χ4v) is 6.09. The average molecular weight is 532 g/mol. The highest BCUT2D eigenvalue weighted by Gasteiger charge is 2.63. The monoisotopic (exact) mass is 531 g/mol. The molecule has 3 amide bonds. The number of hydrogen-bond acceptors (Lipinski definition) is 3. The molecule has 2 fully saturated rings. The Morgan fingerprint density at radius 2 is 1.18 bits per heavy atom. The standard InChI is InChI=1S/C33H29N3O4/c37-30(29(24-13-5-1-6-14-24)25-15-7-2-8-16-25)35-22-28-21-33(35,31(38)39)23-34(28)32(40)36(26-17-9-3-10-18-26)27-19-11-4-12-20-27/h1-20,28-29H,21-23H2,(H,38,39)/t28-,33+/m0/s1. The first-order chi connectivity index (χ1) is 19.5. The Bertz CT molecular complexity index is 1440. The van der Waals surface area contributed by atoms with Crippen molar-refractivity contribution in [3.63, 3.8) is 0 Å². The second kappa shape index (κ2) is 10.3. The molecule has 2 bridgehead atoms. The molecule has 0 aromatic heterocycles. The van der Waals surface area contributed by atoms with Gasteiger partial charge in [-0.15, -0.1) is 0 Å². The highest BCUT2D eigenvalue weighted by Crippen LogP contribution is 2.44. The predicted molar refractivity (Wildman–Crippen MR) is 152 cm³/mol. The van der Waals surface area contributed by atoms with Gasteiger partial charge in [-0.05, 0) is 35.4 Å². The van der Waals surface area contributed by atoms with E-state index >= 15 is 0 Å². The lowest BCUT2D eigenvalue weighted by molar-refractivity contribution is -0.157. The van der Waals surface area contributed by atoms with Crippen LogP contribution in [0.15, 0.2) is 121 Å². The molecular formula is C33H29N3O4. The number of aliphatic carboxylic acids is 1. The van der Waals surface area contributed by atoms with Gasteiger partial charge in [-0.25, -0.2) is 9.59 Å². The molecule has 0 aliphatic carbocycles. The van der Waals surface area contributed by atoms with Gasteiger partial charge in [0.2, 0.25) is 5.91 Å². The van der Waals surface area contributed by atoms with Crippen molar-refractivity contribution in [3.05, 3.63) is 132 Å². The molecule has 2 heterocycles. The van der Waals surface area contributed by atoms with Crippen LogP contribution >= 0.6 is 0 Å². The van der Waals surface area contributed by atoms with Crippen molar-refractivity contribution < 1.29 is 19.5 Å². The molecule has 1 N–H and O–H groups in total. The van der Waals surface area contributed by atoms with Gasteiger partial charge in [0.1, 0.15) is 0 Å². The van der Waals surface area contributed by atoms with Gasteiger partial charge in [-0.1, -0.05) is 97.1 Å². The van der Waals surface area contributed by atoms with E-state index in [0.717, 1.165) is 11.1 Å². The van der Waals surface area contributed by atoms with E-state index in [1.54, 1.807) is 9.80 Å². The van der Waals surface area contributed by atoms with Crippen molar-refractivity contribution in [2.24, 2.45) is 0 Å².